The number of nitriles is 2. The zero-order valence-electron chi connectivity index (χ0n) is 24.9. The van der Waals surface area contributed by atoms with Gasteiger partial charge in [0.1, 0.15) is 0 Å². The Kier molecular flexibility index (Phi) is 6.76. The van der Waals surface area contributed by atoms with Crippen LogP contribution in [0.4, 0.5) is 0 Å². The summed E-state index contributed by atoms with van der Waals surface area (Å²) < 4.78 is 2.17. The van der Waals surface area contributed by atoms with Gasteiger partial charge in [-0.2, -0.15) is 10.5 Å². The predicted octanol–water partition coefficient (Wildman–Crippen LogP) is 8.78. The van der Waals surface area contributed by atoms with Crippen molar-refractivity contribution in [3.63, 3.8) is 0 Å². The molecule has 0 N–H and O–H groups in total. The van der Waals surface area contributed by atoms with Crippen LogP contribution in [-0.4, -0.2) is 24.5 Å². The maximum absolute atomic E-state index is 9.75. The van der Waals surface area contributed by atoms with Crippen LogP contribution < -0.4 is 0 Å². The van der Waals surface area contributed by atoms with Crippen molar-refractivity contribution in [2.75, 3.05) is 0 Å². The third-order valence-electron chi connectivity index (χ3n) is 8.22. The first-order chi connectivity index (χ1) is 23.2. The number of hydrogen-bond donors (Lipinski definition) is 0. The minimum atomic E-state index is 0.520. The molecule has 0 amide bonds. The zero-order chi connectivity index (χ0) is 31.7. The van der Waals surface area contributed by atoms with Gasteiger partial charge in [0.25, 0.3) is 0 Å². The Hall–Kier alpha value is -6.96. The molecule has 0 atom stereocenters. The largest absolute Gasteiger partial charge is 0.308 e. The molecule has 0 bridgehead atoms. The van der Waals surface area contributed by atoms with Crippen LogP contribution in [0.15, 0.2) is 140 Å². The van der Waals surface area contributed by atoms with Crippen LogP contribution in [0.25, 0.3) is 72.8 Å². The van der Waals surface area contributed by atoms with E-state index in [9.17, 15) is 10.5 Å². The Morgan fingerprint density at radius 2 is 1.00 bits per heavy atom. The Balaban J connectivity index is 1.47. The summed E-state index contributed by atoms with van der Waals surface area (Å²) in [6.45, 7) is 0. The van der Waals surface area contributed by atoms with E-state index >= 15 is 0 Å². The fourth-order valence-electron chi connectivity index (χ4n) is 5.98. The van der Waals surface area contributed by atoms with E-state index in [1.165, 1.54) is 0 Å². The number of hydrogen-bond acceptors (Lipinski definition) is 6. The van der Waals surface area contributed by atoms with E-state index < -0.39 is 0 Å². The van der Waals surface area contributed by atoms with Crippen LogP contribution in [0.1, 0.15) is 11.1 Å². The molecule has 3 heterocycles. The van der Waals surface area contributed by atoms with E-state index in [-0.39, 0.29) is 0 Å². The quantitative estimate of drug-likeness (QED) is 0.195. The Bertz CT molecular complexity index is 2400. The molecule has 0 saturated heterocycles. The van der Waals surface area contributed by atoms with Crippen molar-refractivity contribution >= 4 is 21.8 Å². The first-order valence-electron chi connectivity index (χ1n) is 15.0. The van der Waals surface area contributed by atoms with Crippen LogP contribution in [-0.2, 0) is 0 Å². The Labute approximate surface area is 270 Å². The molecule has 218 valence electrons. The van der Waals surface area contributed by atoms with Gasteiger partial charge < -0.3 is 4.57 Å². The maximum Gasteiger partial charge on any atom is 0.166 e. The molecule has 0 saturated carbocycles. The van der Waals surface area contributed by atoms with Crippen molar-refractivity contribution in [1.29, 1.82) is 10.5 Å². The monoisotopic (exact) mass is 601 g/mol. The van der Waals surface area contributed by atoms with Gasteiger partial charge in [0.2, 0.25) is 0 Å². The first-order valence-corrected chi connectivity index (χ1v) is 15.0. The summed E-state index contributed by atoms with van der Waals surface area (Å²) in [4.78, 5) is 19.2. The molecule has 3 aromatic heterocycles. The summed E-state index contributed by atoms with van der Waals surface area (Å²) in [5.41, 5.74) is 8.28. The molecule has 8 aromatic rings. The molecule has 0 aliphatic heterocycles. The highest BCUT2D eigenvalue weighted by atomic mass is 15.1. The van der Waals surface area contributed by atoms with Gasteiger partial charge >= 0.3 is 0 Å². The lowest BCUT2D eigenvalue weighted by molar-refractivity contribution is 1.06. The average Bonchev–Trinajstić information content (AvgIpc) is 3.48. The molecule has 0 fully saturated rings. The number of nitrogens with zero attached hydrogens (tertiary/aromatic N) is 7. The molecule has 0 aliphatic rings. The molecular formula is C40H23N7. The van der Waals surface area contributed by atoms with Crippen LogP contribution in [0, 0.1) is 22.7 Å². The third kappa shape index (κ3) is 4.95. The van der Waals surface area contributed by atoms with Crippen LogP contribution in [0.2, 0.25) is 0 Å². The van der Waals surface area contributed by atoms with Gasteiger partial charge in [0.05, 0.1) is 40.0 Å². The lowest BCUT2D eigenvalue weighted by atomic mass is 10.0. The van der Waals surface area contributed by atoms with Crippen molar-refractivity contribution in [3.05, 3.63) is 151 Å². The third-order valence-corrected chi connectivity index (χ3v) is 8.22. The van der Waals surface area contributed by atoms with Crippen molar-refractivity contribution in [1.82, 2.24) is 24.5 Å². The van der Waals surface area contributed by atoms with E-state index in [4.69, 9.17) is 15.0 Å². The second-order valence-electron chi connectivity index (χ2n) is 11.0. The number of rotatable bonds is 5. The highest BCUT2D eigenvalue weighted by Crippen LogP contribution is 2.38. The van der Waals surface area contributed by atoms with Crippen molar-refractivity contribution in [2.45, 2.75) is 0 Å². The standard InChI is InChI=1S/C40H23N7/c41-24-26-11-15-35-33(21-26)34-22-27(25-42)12-16-36(34)47(35)37-23-31(28-17-19-43-20-18-28)13-14-32(37)40-45-38(29-7-3-1-4-8-29)44-39(46-40)30-9-5-2-6-10-30/h1-23H. The second-order valence-corrected chi connectivity index (χ2v) is 11.0. The van der Waals surface area contributed by atoms with E-state index in [0.717, 1.165) is 55.3 Å². The van der Waals surface area contributed by atoms with Gasteiger partial charge in [0, 0.05) is 39.9 Å². The lowest BCUT2D eigenvalue weighted by Crippen LogP contribution is -2.04. The molecule has 47 heavy (non-hydrogen) atoms. The summed E-state index contributed by atoms with van der Waals surface area (Å²) in [5.74, 6) is 1.66. The highest BCUT2D eigenvalue weighted by molar-refractivity contribution is 6.10. The van der Waals surface area contributed by atoms with Gasteiger partial charge in [-0.05, 0) is 71.8 Å². The summed E-state index contributed by atoms with van der Waals surface area (Å²) >= 11 is 0. The van der Waals surface area contributed by atoms with Crippen molar-refractivity contribution in [3.8, 4) is 63.1 Å². The van der Waals surface area contributed by atoms with Gasteiger partial charge in [0.15, 0.2) is 17.5 Å². The molecular weight excluding hydrogens is 578 g/mol. The summed E-state index contributed by atoms with van der Waals surface area (Å²) in [6.07, 6.45) is 3.56. The number of aromatic nitrogens is 5. The van der Waals surface area contributed by atoms with Gasteiger partial charge in [-0.3, -0.25) is 4.98 Å². The second kappa shape index (κ2) is 11.5. The number of benzene rings is 5. The van der Waals surface area contributed by atoms with E-state index in [0.29, 0.717) is 28.6 Å². The SMILES string of the molecule is N#Cc1ccc2c(c1)c1cc(C#N)ccc1n2-c1cc(-c2ccncc2)ccc1-c1nc(-c2ccccc2)nc(-c2ccccc2)n1. The molecule has 0 radical (unpaired) electrons. The average molecular weight is 602 g/mol. The normalized spacial score (nSPS) is 10.9. The topological polar surface area (TPSA) is 104 Å². The summed E-state index contributed by atoms with van der Waals surface area (Å²) in [7, 11) is 0. The highest BCUT2D eigenvalue weighted by Gasteiger charge is 2.21. The van der Waals surface area contributed by atoms with E-state index in [1.807, 2.05) is 109 Å². The first kappa shape index (κ1) is 27.6. The smallest absolute Gasteiger partial charge is 0.166 e. The minimum Gasteiger partial charge on any atom is -0.308 e. The molecule has 7 heteroatoms. The molecule has 5 aromatic carbocycles. The summed E-state index contributed by atoms with van der Waals surface area (Å²) in [6, 6.07) is 45.9. The lowest BCUT2D eigenvalue weighted by Gasteiger charge is -2.16. The van der Waals surface area contributed by atoms with Crippen LogP contribution in [0.5, 0.6) is 0 Å². The molecule has 0 aliphatic carbocycles. The van der Waals surface area contributed by atoms with Crippen LogP contribution >= 0.6 is 0 Å². The van der Waals surface area contributed by atoms with Gasteiger partial charge in [-0.1, -0.05) is 66.7 Å². The molecule has 0 unspecified atom stereocenters. The molecule has 8 rings (SSSR count). The minimum absolute atomic E-state index is 0.520. The zero-order valence-corrected chi connectivity index (χ0v) is 24.9. The van der Waals surface area contributed by atoms with E-state index in [1.54, 1.807) is 12.4 Å². The van der Waals surface area contributed by atoms with Gasteiger partial charge in [-0.25, -0.2) is 15.0 Å². The van der Waals surface area contributed by atoms with Gasteiger partial charge in [-0.15, -0.1) is 0 Å². The predicted molar refractivity (Wildman–Crippen MR) is 183 cm³/mol. The molecule has 0 spiro atoms. The fourth-order valence-corrected chi connectivity index (χ4v) is 5.98. The van der Waals surface area contributed by atoms with Crippen LogP contribution in [0.3, 0.4) is 0 Å². The molecule has 7 nitrogen and oxygen atoms in total. The Morgan fingerprint density at radius 3 is 1.53 bits per heavy atom. The number of fused-ring (bicyclic) bond motifs is 3. The maximum atomic E-state index is 9.75. The Morgan fingerprint density at radius 1 is 0.468 bits per heavy atom. The fraction of sp³-hybridized carbons (Fsp3) is 0. The van der Waals surface area contributed by atoms with E-state index in [2.05, 4.69) is 39.9 Å². The summed E-state index contributed by atoms with van der Waals surface area (Å²) in [5, 5.41) is 21.3. The van der Waals surface area contributed by atoms with Crippen molar-refractivity contribution in [2.24, 2.45) is 0 Å². The number of pyridine rings is 1. The van der Waals surface area contributed by atoms with Crippen molar-refractivity contribution < 1.29 is 0 Å².